The van der Waals surface area contributed by atoms with E-state index in [1.54, 1.807) is 36.4 Å². The Morgan fingerprint density at radius 1 is 1.04 bits per heavy atom. The van der Waals surface area contributed by atoms with Crippen LogP contribution < -0.4 is 15.4 Å². The minimum atomic E-state index is -3.74. The van der Waals surface area contributed by atoms with Gasteiger partial charge in [0.15, 0.2) is 5.58 Å². The van der Waals surface area contributed by atoms with Gasteiger partial charge in [-0.25, -0.2) is 18.1 Å². The van der Waals surface area contributed by atoms with E-state index >= 15 is 0 Å². The number of oxazole rings is 1. The molecular weight excluding hydrogens is 670 g/mol. The maximum Gasteiger partial charge on any atom is 0.266 e. The summed E-state index contributed by atoms with van der Waals surface area (Å²) in [6, 6.07) is 11.4. The molecule has 14 heteroatoms. The van der Waals surface area contributed by atoms with E-state index in [4.69, 9.17) is 20.8 Å². The van der Waals surface area contributed by atoms with E-state index in [0.29, 0.717) is 41.3 Å². The molecule has 4 atom stereocenters. The van der Waals surface area contributed by atoms with Crippen LogP contribution in [0.15, 0.2) is 52.9 Å². The SMILES string of the molecule is CS(=O)(=O)N[C@H](CCC1CCNCC1)C(=O)N1C[C@H](OCc2ccc(Cl)cc2)C[C@H]1C(=O)N[C@@H](CC1CC1)C(=O)c1nc2ccccc2o1. The standard InChI is InChI=1S/C35H44ClN5O7S/c1-49(45,46)40-28(13-10-22-14-16-37-17-15-22)35(44)41-20-26(47-21-24-8-11-25(36)12-9-24)19-30(41)33(43)38-29(18-23-6-7-23)32(42)34-39-27-4-2-3-5-31(27)48-34/h2-5,8-9,11-12,22-23,26,28-30,37,40H,6-7,10,13-21H2,1H3,(H,38,43)/t26-,28-,29+,30+/m1/s1. The third kappa shape index (κ3) is 9.66. The van der Waals surface area contributed by atoms with Crippen molar-refractivity contribution in [3.05, 3.63) is 65.0 Å². The molecule has 0 radical (unpaired) electrons. The van der Waals surface area contributed by atoms with Crippen LogP contribution in [0.3, 0.4) is 0 Å². The molecule has 2 aromatic carbocycles. The number of carbonyl (C=O) groups excluding carboxylic acids is 3. The molecule has 12 nitrogen and oxygen atoms in total. The monoisotopic (exact) mass is 713 g/mol. The molecule has 3 fully saturated rings. The molecule has 0 bridgehead atoms. The highest BCUT2D eigenvalue weighted by atomic mass is 35.5. The highest BCUT2D eigenvalue weighted by molar-refractivity contribution is 7.88. The van der Waals surface area contributed by atoms with Gasteiger partial charge in [0.2, 0.25) is 27.6 Å². The maximum absolute atomic E-state index is 14.2. The summed E-state index contributed by atoms with van der Waals surface area (Å²) < 4.78 is 39.4. The quantitative estimate of drug-likeness (QED) is 0.199. The number of fused-ring (bicyclic) bond motifs is 1. The number of hydrogen-bond donors (Lipinski definition) is 3. The van der Waals surface area contributed by atoms with Gasteiger partial charge in [-0.2, -0.15) is 0 Å². The van der Waals surface area contributed by atoms with E-state index in [0.717, 1.165) is 50.6 Å². The largest absolute Gasteiger partial charge is 0.434 e. The summed E-state index contributed by atoms with van der Waals surface area (Å²) >= 11 is 6.04. The number of carbonyl (C=O) groups is 3. The average Bonchev–Trinajstić information content (AvgIpc) is 3.63. The number of aromatic nitrogens is 1. The molecule has 2 saturated heterocycles. The zero-order valence-electron chi connectivity index (χ0n) is 27.6. The second-order valence-corrected chi connectivity index (χ2v) is 15.8. The van der Waals surface area contributed by atoms with Gasteiger partial charge >= 0.3 is 0 Å². The zero-order valence-corrected chi connectivity index (χ0v) is 29.2. The first-order valence-corrected chi connectivity index (χ1v) is 19.3. The molecule has 3 heterocycles. The summed E-state index contributed by atoms with van der Waals surface area (Å²) in [6.45, 7) is 2.09. The van der Waals surface area contributed by atoms with Gasteiger partial charge in [-0.05, 0) is 86.9 Å². The number of para-hydroxylation sites is 2. The minimum Gasteiger partial charge on any atom is -0.434 e. The van der Waals surface area contributed by atoms with Crippen LogP contribution in [0.4, 0.5) is 0 Å². The molecule has 1 aliphatic carbocycles. The van der Waals surface area contributed by atoms with Gasteiger partial charge in [-0.3, -0.25) is 14.4 Å². The fourth-order valence-electron chi connectivity index (χ4n) is 6.78. The second kappa shape index (κ2) is 15.7. The van der Waals surface area contributed by atoms with Crippen molar-refractivity contribution in [1.29, 1.82) is 0 Å². The number of benzene rings is 2. The summed E-state index contributed by atoms with van der Waals surface area (Å²) in [4.78, 5) is 47.9. The van der Waals surface area contributed by atoms with E-state index < -0.39 is 51.9 Å². The van der Waals surface area contributed by atoms with Crippen LogP contribution in [0.25, 0.3) is 11.1 Å². The zero-order chi connectivity index (χ0) is 34.5. The summed E-state index contributed by atoms with van der Waals surface area (Å²) in [5.41, 5.74) is 1.90. The molecule has 1 saturated carbocycles. The maximum atomic E-state index is 14.2. The number of ketones is 1. The van der Waals surface area contributed by atoms with Crippen molar-refractivity contribution in [2.45, 2.75) is 82.2 Å². The number of rotatable bonds is 15. The topological polar surface area (TPSA) is 160 Å². The Balaban J connectivity index is 1.22. The van der Waals surface area contributed by atoms with Gasteiger partial charge in [0.05, 0.1) is 25.0 Å². The van der Waals surface area contributed by atoms with Gasteiger partial charge in [0.25, 0.3) is 5.89 Å². The van der Waals surface area contributed by atoms with Crippen molar-refractivity contribution in [3.63, 3.8) is 0 Å². The van der Waals surface area contributed by atoms with Crippen molar-refractivity contribution >= 4 is 50.3 Å². The molecule has 3 aromatic rings. The molecule has 1 aromatic heterocycles. The Morgan fingerprint density at radius 3 is 2.47 bits per heavy atom. The van der Waals surface area contributed by atoms with Gasteiger partial charge in [-0.1, -0.05) is 48.7 Å². The number of hydrogen-bond acceptors (Lipinski definition) is 9. The predicted octanol–water partition coefficient (Wildman–Crippen LogP) is 3.83. The Labute approximate surface area is 291 Å². The third-order valence-corrected chi connectivity index (χ3v) is 10.6. The van der Waals surface area contributed by atoms with Gasteiger partial charge in [0, 0.05) is 18.0 Å². The number of Topliss-reactive ketones (excluding diaryl/α,β-unsaturated/α-hetero) is 1. The first-order valence-electron chi connectivity index (χ1n) is 17.1. The number of nitrogens with one attached hydrogen (secondary N) is 3. The summed E-state index contributed by atoms with van der Waals surface area (Å²) in [5, 5.41) is 6.86. The Morgan fingerprint density at radius 2 is 1.78 bits per heavy atom. The van der Waals surface area contributed by atoms with Crippen LogP contribution in [-0.2, 0) is 31.0 Å². The Kier molecular flexibility index (Phi) is 11.3. The Hall–Kier alpha value is -3.36. The average molecular weight is 714 g/mol. The van der Waals surface area contributed by atoms with E-state index in [1.165, 1.54) is 4.90 Å². The first kappa shape index (κ1) is 35.5. The number of nitrogens with zero attached hydrogens (tertiary/aromatic N) is 2. The fourth-order valence-corrected chi connectivity index (χ4v) is 7.64. The normalized spacial score (nSPS) is 21.5. The molecule has 0 spiro atoms. The lowest BCUT2D eigenvalue weighted by molar-refractivity contribution is -0.140. The number of halogens is 1. The molecule has 0 unspecified atom stereocenters. The highest BCUT2D eigenvalue weighted by Gasteiger charge is 2.44. The van der Waals surface area contributed by atoms with E-state index in [1.807, 2.05) is 12.1 Å². The molecule has 6 rings (SSSR count). The lowest BCUT2D eigenvalue weighted by Crippen LogP contribution is -2.55. The van der Waals surface area contributed by atoms with Crippen LogP contribution in [0.1, 0.15) is 67.6 Å². The lowest BCUT2D eigenvalue weighted by Gasteiger charge is -2.30. The predicted molar refractivity (Wildman–Crippen MR) is 184 cm³/mol. The number of amides is 2. The molecular formula is C35H44ClN5O7S. The fraction of sp³-hybridized carbons (Fsp3) is 0.543. The van der Waals surface area contributed by atoms with E-state index in [9.17, 15) is 22.8 Å². The highest BCUT2D eigenvalue weighted by Crippen LogP contribution is 2.35. The summed E-state index contributed by atoms with van der Waals surface area (Å²) in [6.07, 6.45) is 5.92. The van der Waals surface area contributed by atoms with Crippen molar-refractivity contribution in [2.75, 3.05) is 25.9 Å². The number of piperidine rings is 1. The number of likely N-dealkylation sites (tertiary alicyclic amines) is 1. The number of sulfonamides is 1. The van der Waals surface area contributed by atoms with Crippen molar-refractivity contribution in [3.8, 4) is 0 Å². The first-order chi connectivity index (χ1) is 23.5. The van der Waals surface area contributed by atoms with Gasteiger partial charge < -0.3 is 24.7 Å². The van der Waals surface area contributed by atoms with E-state index in [-0.39, 0.29) is 31.4 Å². The van der Waals surface area contributed by atoms with Crippen LogP contribution in [0, 0.1) is 11.8 Å². The second-order valence-electron chi connectivity index (χ2n) is 13.6. The van der Waals surface area contributed by atoms with Crippen LogP contribution in [0.5, 0.6) is 0 Å². The molecule has 3 N–H and O–H groups in total. The van der Waals surface area contributed by atoms with Crippen LogP contribution in [0.2, 0.25) is 5.02 Å². The van der Waals surface area contributed by atoms with Crippen molar-refractivity contribution < 1.29 is 32.0 Å². The third-order valence-electron chi connectivity index (χ3n) is 9.63. The molecule has 49 heavy (non-hydrogen) atoms. The summed E-state index contributed by atoms with van der Waals surface area (Å²) in [7, 11) is -3.74. The van der Waals surface area contributed by atoms with Crippen molar-refractivity contribution in [1.82, 2.24) is 25.2 Å². The number of ether oxygens (including phenoxy) is 1. The van der Waals surface area contributed by atoms with Gasteiger partial charge in [0.1, 0.15) is 17.6 Å². The molecule has 264 valence electrons. The smallest absolute Gasteiger partial charge is 0.266 e. The lowest BCUT2D eigenvalue weighted by atomic mass is 9.91. The van der Waals surface area contributed by atoms with E-state index in [2.05, 4.69) is 20.3 Å². The van der Waals surface area contributed by atoms with Crippen LogP contribution >= 0.6 is 11.6 Å². The minimum absolute atomic E-state index is 0.0778. The van der Waals surface area contributed by atoms with Crippen molar-refractivity contribution in [2.24, 2.45) is 11.8 Å². The van der Waals surface area contributed by atoms with Crippen LogP contribution in [-0.4, -0.2) is 86.0 Å². The molecule has 3 aliphatic rings. The summed E-state index contributed by atoms with van der Waals surface area (Å²) in [5.74, 6) is -0.841. The Bertz CT molecular complexity index is 1710. The molecule has 2 aliphatic heterocycles. The van der Waals surface area contributed by atoms with Gasteiger partial charge in [-0.15, -0.1) is 0 Å². The molecule has 2 amide bonds.